The molecule has 70 valence electrons. The van der Waals surface area contributed by atoms with Crippen LogP contribution in [0.15, 0.2) is 24.3 Å². The molecule has 2 rings (SSSR count). The van der Waals surface area contributed by atoms with Gasteiger partial charge in [0.1, 0.15) is 24.2 Å². The summed E-state index contributed by atoms with van der Waals surface area (Å²) in [7, 11) is 1.65. The van der Waals surface area contributed by atoms with Crippen molar-refractivity contribution in [3.63, 3.8) is 0 Å². The third kappa shape index (κ3) is 2.36. The normalized spacial score (nSPS) is 19.6. The molecular formula is C10H12O3. The summed E-state index contributed by atoms with van der Waals surface area (Å²) >= 11 is 0. The maximum atomic E-state index is 5.45. The maximum absolute atomic E-state index is 5.45. The van der Waals surface area contributed by atoms with Gasteiger partial charge in [0.05, 0.1) is 13.7 Å². The summed E-state index contributed by atoms with van der Waals surface area (Å²) in [6.45, 7) is 1.47. The average molecular weight is 180 g/mol. The quantitative estimate of drug-likeness (QED) is 0.657. The van der Waals surface area contributed by atoms with Crippen LogP contribution in [0.3, 0.4) is 0 Å². The first kappa shape index (κ1) is 8.38. The summed E-state index contributed by atoms with van der Waals surface area (Å²) in [6.07, 6.45) is 0.308. The molecular weight excluding hydrogens is 168 g/mol. The first-order valence-electron chi connectivity index (χ1n) is 4.27. The minimum Gasteiger partial charge on any atom is -0.497 e. The highest BCUT2D eigenvalue weighted by Crippen LogP contribution is 2.18. The lowest BCUT2D eigenvalue weighted by atomic mass is 10.3. The zero-order valence-electron chi connectivity index (χ0n) is 7.53. The molecule has 0 amide bonds. The Morgan fingerprint density at radius 3 is 2.46 bits per heavy atom. The van der Waals surface area contributed by atoms with Gasteiger partial charge in [-0.3, -0.25) is 0 Å². The maximum Gasteiger partial charge on any atom is 0.119 e. The predicted molar refractivity (Wildman–Crippen MR) is 48.2 cm³/mol. The fourth-order valence-corrected chi connectivity index (χ4v) is 1.03. The van der Waals surface area contributed by atoms with Crippen LogP contribution < -0.4 is 9.47 Å². The summed E-state index contributed by atoms with van der Waals surface area (Å²) in [6, 6.07) is 7.54. The van der Waals surface area contributed by atoms with E-state index in [1.54, 1.807) is 7.11 Å². The molecule has 1 atom stereocenters. The van der Waals surface area contributed by atoms with E-state index in [1.165, 1.54) is 0 Å². The second kappa shape index (κ2) is 3.66. The van der Waals surface area contributed by atoms with Gasteiger partial charge in [-0.15, -0.1) is 0 Å². The van der Waals surface area contributed by atoms with Crippen LogP contribution in [0.5, 0.6) is 11.5 Å². The van der Waals surface area contributed by atoms with Gasteiger partial charge < -0.3 is 14.2 Å². The predicted octanol–water partition coefficient (Wildman–Crippen LogP) is 1.47. The number of benzene rings is 1. The molecule has 3 nitrogen and oxygen atoms in total. The van der Waals surface area contributed by atoms with Crippen LogP contribution in [0.25, 0.3) is 0 Å². The van der Waals surface area contributed by atoms with Crippen molar-refractivity contribution in [2.75, 3.05) is 20.3 Å². The fourth-order valence-electron chi connectivity index (χ4n) is 1.03. The Bertz CT molecular complexity index is 264. The Morgan fingerprint density at radius 1 is 1.31 bits per heavy atom. The minimum atomic E-state index is 0.308. The molecule has 1 fully saturated rings. The van der Waals surface area contributed by atoms with E-state index in [0.717, 1.165) is 18.1 Å². The smallest absolute Gasteiger partial charge is 0.119 e. The van der Waals surface area contributed by atoms with Crippen LogP contribution in [-0.4, -0.2) is 26.4 Å². The number of methoxy groups -OCH3 is 1. The van der Waals surface area contributed by atoms with E-state index >= 15 is 0 Å². The van der Waals surface area contributed by atoms with Crippen molar-refractivity contribution in [2.24, 2.45) is 0 Å². The SMILES string of the molecule is COc1ccc(OCC2CO2)cc1. The fraction of sp³-hybridized carbons (Fsp3) is 0.400. The Hall–Kier alpha value is -1.22. The first-order valence-corrected chi connectivity index (χ1v) is 4.27. The second-order valence-electron chi connectivity index (χ2n) is 2.94. The molecule has 0 aliphatic carbocycles. The number of ether oxygens (including phenoxy) is 3. The highest BCUT2D eigenvalue weighted by atomic mass is 16.6. The summed E-state index contributed by atoms with van der Waals surface area (Å²) in [5, 5.41) is 0. The first-order chi connectivity index (χ1) is 6.38. The molecule has 0 saturated carbocycles. The van der Waals surface area contributed by atoms with Gasteiger partial charge in [0.15, 0.2) is 0 Å². The minimum absolute atomic E-state index is 0.308. The molecule has 1 saturated heterocycles. The lowest BCUT2D eigenvalue weighted by Gasteiger charge is -2.04. The van der Waals surface area contributed by atoms with Gasteiger partial charge in [-0.25, -0.2) is 0 Å². The molecule has 1 aliphatic rings. The number of hydrogen-bond acceptors (Lipinski definition) is 3. The lowest BCUT2D eigenvalue weighted by molar-refractivity contribution is 0.262. The molecule has 0 aromatic heterocycles. The van der Waals surface area contributed by atoms with Crippen LogP contribution in [0.4, 0.5) is 0 Å². The van der Waals surface area contributed by atoms with Gasteiger partial charge in [0.2, 0.25) is 0 Å². The highest BCUT2D eigenvalue weighted by molar-refractivity contribution is 5.31. The van der Waals surface area contributed by atoms with Crippen LogP contribution in [0.2, 0.25) is 0 Å². The molecule has 1 unspecified atom stereocenters. The van der Waals surface area contributed by atoms with Crippen molar-refractivity contribution in [3.05, 3.63) is 24.3 Å². The monoisotopic (exact) mass is 180 g/mol. The van der Waals surface area contributed by atoms with Crippen molar-refractivity contribution in [2.45, 2.75) is 6.10 Å². The Morgan fingerprint density at radius 2 is 1.92 bits per heavy atom. The third-order valence-corrected chi connectivity index (χ3v) is 1.90. The van der Waals surface area contributed by atoms with E-state index in [0.29, 0.717) is 12.7 Å². The van der Waals surface area contributed by atoms with E-state index in [1.807, 2.05) is 24.3 Å². The average Bonchev–Trinajstić information content (AvgIpc) is 2.99. The zero-order valence-corrected chi connectivity index (χ0v) is 7.53. The van der Waals surface area contributed by atoms with E-state index in [-0.39, 0.29) is 0 Å². The van der Waals surface area contributed by atoms with Crippen molar-refractivity contribution in [1.82, 2.24) is 0 Å². The van der Waals surface area contributed by atoms with Crippen molar-refractivity contribution in [1.29, 1.82) is 0 Å². The van der Waals surface area contributed by atoms with Gasteiger partial charge in [-0.05, 0) is 24.3 Å². The standard InChI is InChI=1S/C10H12O3/c1-11-8-2-4-9(5-3-8)12-6-10-7-13-10/h2-5,10H,6-7H2,1H3. The molecule has 1 aromatic carbocycles. The molecule has 0 radical (unpaired) electrons. The molecule has 13 heavy (non-hydrogen) atoms. The molecule has 0 bridgehead atoms. The molecule has 1 aliphatic heterocycles. The topological polar surface area (TPSA) is 31.0 Å². The van der Waals surface area contributed by atoms with Gasteiger partial charge in [-0.1, -0.05) is 0 Å². The van der Waals surface area contributed by atoms with E-state index < -0.39 is 0 Å². The Labute approximate surface area is 77.2 Å². The zero-order chi connectivity index (χ0) is 9.10. The van der Waals surface area contributed by atoms with Gasteiger partial charge in [0.25, 0.3) is 0 Å². The largest absolute Gasteiger partial charge is 0.497 e. The van der Waals surface area contributed by atoms with Crippen LogP contribution in [0.1, 0.15) is 0 Å². The van der Waals surface area contributed by atoms with Crippen molar-refractivity contribution < 1.29 is 14.2 Å². The second-order valence-corrected chi connectivity index (χ2v) is 2.94. The molecule has 1 aromatic rings. The molecule has 3 heteroatoms. The van der Waals surface area contributed by atoms with E-state index in [2.05, 4.69) is 0 Å². The number of rotatable bonds is 4. The van der Waals surface area contributed by atoms with Crippen molar-refractivity contribution >= 4 is 0 Å². The van der Waals surface area contributed by atoms with Gasteiger partial charge >= 0.3 is 0 Å². The summed E-state index contributed by atoms with van der Waals surface area (Å²) in [5.74, 6) is 1.70. The molecule has 1 heterocycles. The van der Waals surface area contributed by atoms with Crippen LogP contribution in [0, 0.1) is 0 Å². The Kier molecular flexibility index (Phi) is 2.36. The Balaban J connectivity index is 1.88. The van der Waals surface area contributed by atoms with Crippen LogP contribution >= 0.6 is 0 Å². The summed E-state index contributed by atoms with van der Waals surface area (Å²) < 4.78 is 15.5. The molecule has 0 spiro atoms. The van der Waals surface area contributed by atoms with Gasteiger partial charge in [0, 0.05) is 0 Å². The molecule has 0 N–H and O–H groups in total. The van der Waals surface area contributed by atoms with Crippen molar-refractivity contribution in [3.8, 4) is 11.5 Å². The lowest BCUT2D eigenvalue weighted by Crippen LogP contribution is -2.03. The highest BCUT2D eigenvalue weighted by Gasteiger charge is 2.22. The van der Waals surface area contributed by atoms with E-state index in [9.17, 15) is 0 Å². The van der Waals surface area contributed by atoms with Gasteiger partial charge in [-0.2, -0.15) is 0 Å². The third-order valence-electron chi connectivity index (χ3n) is 1.90. The summed E-state index contributed by atoms with van der Waals surface area (Å²) in [5.41, 5.74) is 0. The van der Waals surface area contributed by atoms with Crippen LogP contribution in [-0.2, 0) is 4.74 Å². The van der Waals surface area contributed by atoms with E-state index in [4.69, 9.17) is 14.2 Å². The summed E-state index contributed by atoms with van der Waals surface area (Å²) in [4.78, 5) is 0. The number of hydrogen-bond donors (Lipinski definition) is 0. The number of epoxide rings is 1.